The Morgan fingerprint density at radius 3 is 1.06 bits per heavy atom. The second-order valence-electron chi connectivity index (χ2n) is 16.7. The summed E-state index contributed by atoms with van der Waals surface area (Å²) in [5.41, 5.74) is 17.2. The van der Waals surface area contributed by atoms with Crippen LogP contribution in [0.2, 0.25) is 0 Å². The van der Waals surface area contributed by atoms with Crippen LogP contribution in [0.5, 0.6) is 0 Å². The first-order valence-corrected chi connectivity index (χ1v) is 22.5. The number of benzene rings is 11. The summed E-state index contributed by atoms with van der Waals surface area (Å²) in [5, 5.41) is 4.97. The van der Waals surface area contributed by atoms with Gasteiger partial charge in [-0.15, -0.1) is 0 Å². The fourth-order valence-corrected chi connectivity index (χ4v) is 9.68. The van der Waals surface area contributed by atoms with Crippen LogP contribution in [0.1, 0.15) is 0 Å². The molecule has 0 fully saturated rings. The first kappa shape index (κ1) is 38.9. The predicted molar refractivity (Wildman–Crippen MR) is 278 cm³/mol. The molecule has 0 spiro atoms. The molecule has 3 heteroatoms. The molecule has 1 aromatic heterocycles. The van der Waals surface area contributed by atoms with Gasteiger partial charge in [-0.25, -0.2) is 4.98 Å². The lowest BCUT2D eigenvalue weighted by Crippen LogP contribution is -2.09. The third-order valence-corrected chi connectivity index (χ3v) is 12.8. The molecule has 0 amide bonds. The number of aromatic nitrogens is 2. The number of hydrogen-bond acceptors (Lipinski definition) is 2. The summed E-state index contributed by atoms with van der Waals surface area (Å²) in [6, 6.07) is 93.6. The van der Waals surface area contributed by atoms with Crippen LogP contribution in [-0.4, -0.2) is 9.55 Å². The van der Waals surface area contributed by atoms with E-state index in [1.807, 2.05) is 6.07 Å². The van der Waals surface area contributed by atoms with E-state index in [4.69, 9.17) is 4.98 Å². The molecule has 0 aliphatic heterocycles. The molecule has 0 aliphatic carbocycles. The Morgan fingerprint density at radius 1 is 0.273 bits per heavy atom. The number of anilines is 3. The number of hydrogen-bond donors (Lipinski definition) is 0. The molecule has 0 N–H and O–H groups in total. The zero-order valence-corrected chi connectivity index (χ0v) is 36.2. The van der Waals surface area contributed by atoms with Crippen LogP contribution in [0.3, 0.4) is 0 Å². The molecule has 3 nitrogen and oxygen atoms in total. The second kappa shape index (κ2) is 16.7. The van der Waals surface area contributed by atoms with Crippen molar-refractivity contribution < 1.29 is 0 Å². The third kappa shape index (κ3) is 7.00. The zero-order chi connectivity index (χ0) is 43.8. The van der Waals surface area contributed by atoms with Crippen LogP contribution in [0.15, 0.2) is 261 Å². The number of para-hydroxylation sites is 5. The molecule has 66 heavy (non-hydrogen) atoms. The third-order valence-electron chi connectivity index (χ3n) is 12.8. The number of imidazole rings is 1. The SMILES string of the molecule is c1ccc(N(c2ccccc2)c2ccc(-c3ccc(-c4c5ccccc5c(-c5ccc(-c6ccc(-c7nc8ccccc8n7-c7ccccc7)cc6)cc5)c5ccccc45)cc3)cc2)cc1. The minimum atomic E-state index is 0.933. The topological polar surface area (TPSA) is 21.1 Å². The molecule has 0 unspecified atom stereocenters. The molecule has 0 aliphatic rings. The zero-order valence-electron chi connectivity index (χ0n) is 36.2. The van der Waals surface area contributed by atoms with Gasteiger partial charge in [0, 0.05) is 28.3 Å². The highest BCUT2D eigenvalue weighted by Crippen LogP contribution is 2.45. The van der Waals surface area contributed by atoms with Crippen LogP contribution in [0, 0.1) is 0 Å². The molecule has 0 atom stereocenters. The van der Waals surface area contributed by atoms with Crippen LogP contribution in [0.4, 0.5) is 17.1 Å². The summed E-state index contributed by atoms with van der Waals surface area (Å²) >= 11 is 0. The number of rotatable bonds is 9. The van der Waals surface area contributed by atoms with Crippen molar-refractivity contribution in [3.63, 3.8) is 0 Å². The standard InChI is InChI=1S/C63H43N3/c1-4-16-51(17-5-1)65(52-18-6-2-7-19-52)54-42-40-47(41-43-54)45-30-36-49(37-31-45)62-57-24-12-10-22-55(57)61(56-23-11-13-25-58(56)62)48-34-28-44(29-35-48)46-32-38-50(39-33-46)63-64-59-26-14-15-27-60(59)66(63)53-20-8-3-9-21-53/h1-43H. The lowest BCUT2D eigenvalue weighted by molar-refractivity contribution is 1.10. The Hall–Kier alpha value is -8.79. The smallest absolute Gasteiger partial charge is 0.145 e. The molecule has 310 valence electrons. The number of nitrogens with zero attached hydrogens (tertiary/aromatic N) is 3. The summed E-state index contributed by atoms with van der Waals surface area (Å²) in [7, 11) is 0. The summed E-state index contributed by atoms with van der Waals surface area (Å²) < 4.78 is 2.25. The van der Waals surface area contributed by atoms with Gasteiger partial charge in [-0.3, -0.25) is 4.57 Å². The average molecular weight is 842 g/mol. The van der Waals surface area contributed by atoms with Gasteiger partial charge in [-0.1, -0.05) is 200 Å². The van der Waals surface area contributed by atoms with Gasteiger partial charge >= 0.3 is 0 Å². The van der Waals surface area contributed by atoms with Crippen molar-refractivity contribution in [2.45, 2.75) is 0 Å². The average Bonchev–Trinajstić information content (AvgIpc) is 3.79. The van der Waals surface area contributed by atoms with Gasteiger partial charge in [0.2, 0.25) is 0 Å². The highest BCUT2D eigenvalue weighted by atomic mass is 15.1. The van der Waals surface area contributed by atoms with Crippen LogP contribution < -0.4 is 4.90 Å². The highest BCUT2D eigenvalue weighted by Gasteiger charge is 2.18. The van der Waals surface area contributed by atoms with E-state index in [9.17, 15) is 0 Å². The van der Waals surface area contributed by atoms with Gasteiger partial charge in [0.15, 0.2) is 0 Å². The van der Waals surface area contributed by atoms with Gasteiger partial charge in [0.1, 0.15) is 5.82 Å². The lowest BCUT2D eigenvalue weighted by Gasteiger charge is -2.25. The van der Waals surface area contributed by atoms with E-state index in [0.717, 1.165) is 45.2 Å². The van der Waals surface area contributed by atoms with Crippen molar-refractivity contribution in [1.82, 2.24) is 9.55 Å². The predicted octanol–water partition coefficient (Wildman–Crippen LogP) is 17.1. The van der Waals surface area contributed by atoms with Crippen molar-refractivity contribution in [1.29, 1.82) is 0 Å². The summed E-state index contributed by atoms with van der Waals surface area (Å²) in [4.78, 5) is 7.38. The lowest BCUT2D eigenvalue weighted by atomic mass is 9.85. The molecular weight excluding hydrogens is 799 g/mol. The van der Waals surface area contributed by atoms with Crippen molar-refractivity contribution in [3.8, 4) is 61.6 Å². The quantitative estimate of drug-likeness (QED) is 0.135. The number of fused-ring (bicyclic) bond motifs is 3. The molecule has 1 heterocycles. The normalized spacial score (nSPS) is 11.3. The Labute approximate surface area is 384 Å². The Morgan fingerprint density at radius 2 is 0.606 bits per heavy atom. The van der Waals surface area contributed by atoms with Crippen molar-refractivity contribution >= 4 is 49.6 Å². The highest BCUT2D eigenvalue weighted by molar-refractivity contribution is 6.21. The van der Waals surface area contributed by atoms with E-state index >= 15 is 0 Å². The minimum absolute atomic E-state index is 0.933. The van der Waals surface area contributed by atoms with Crippen LogP contribution in [0.25, 0.3) is 94.2 Å². The van der Waals surface area contributed by atoms with E-state index in [2.05, 4.69) is 264 Å². The summed E-state index contributed by atoms with van der Waals surface area (Å²) in [5.74, 6) is 0.933. The van der Waals surface area contributed by atoms with Gasteiger partial charge in [0.05, 0.1) is 11.0 Å². The van der Waals surface area contributed by atoms with E-state index in [1.165, 1.54) is 66.1 Å². The van der Waals surface area contributed by atoms with Gasteiger partial charge in [-0.05, 0) is 127 Å². The van der Waals surface area contributed by atoms with E-state index in [1.54, 1.807) is 0 Å². The van der Waals surface area contributed by atoms with Crippen molar-refractivity contribution in [2.24, 2.45) is 0 Å². The summed E-state index contributed by atoms with van der Waals surface area (Å²) in [6.07, 6.45) is 0. The molecule has 12 aromatic rings. The Kier molecular flexibility index (Phi) is 9.85. The molecule has 12 rings (SSSR count). The molecule has 0 bridgehead atoms. The molecule has 11 aromatic carbocycles. The van der Waals surface area contributed by atoms with Crippen LogP contribution in [-0.2, 0) is 0 Å². The largest absolute Gasteiger partial charge is 0.311 e. The molecule has 0 radical (unpaired) electrons. The Balaban J connectivity index is 0.859. The first-order chi connectivity index (χ1) is 32.7. The monoisotopic (exact) mass is 841 g/mol. The maximum Gasteiger partial charge on any atom is 0.145 e. The molecule has 0 saturated carbocycles. The van der Waals surface area contributed by atoms with Crippen molar-refractivity contribution in [2.75, 3.05) is 4.90 Å². The van der Waals surface area contributed by atoms with Crippen LogP contribution >= 0.6 is 0 Å². The van der Waals surface area contributed by atoms with Gasteiger partial charge in [0.25, 0.3) is 0 Å². The van der Waals surface area contributed by atoms with E-state index in [0.29, 0.717) is 0 Å². The summed E-state index contributed by atoms with van der Waals surface area (Å²) in [6.45, 7) is 0. The van der Waals surface area contributed by atoms with Crippen molar-refractivity contribution in [3.05, 3.63) is 261 Å². The first-order valence-electron chi connectivity index (χ1n) is 22.5. The minimum Gasteiger partial charge on any atom is -0.311 e. The maximum absolute atomic E-state index is 5.08. The second-order valence-corrected chi connectivity index (χ2v) is 16.7. The fraction of sp³-hybridized carbons (Fsp3) is 0. The van der Waals surface area contributed by atoms with E-state index in [-0.39, 0.29) is 0 Å². The Bertz CT molecular complexity index is 3540. The molecular formula is C63H43N3. The fourth-order valence-electron chi connectivity index (χ4n) is 9.68. The van der Waals surface area contributed by atoms with E-state index < -0.39 is 0 Å². The van der Waals surface area contributed by atoms with Gasteiger partial charge in [-0.2, -0.15) is 0 Å². The molecule has 0 saturated heterocycles. The maximum atomic E-state index is 5.08. The van der Waals surface area contributed by atoms with Gasteiger partial charge < -0.3 is 4.90 Å².